The van der Waals surface area contributed by atoms with Gasteiger partial charge in [0.2, 0.25) is 0 Å². The van der Waals surface area contributed by atoms with Gasteiger partial charge in [0.25, 0.3) is 0 Å². The molecule has 1 aromatic carbocycles. The summed E-state index contributed by atoms with van der Waals surface area (Å²) in [6, 6.07) is 8.71. The predicted molar refractivity (Wildman–Crippen MR) is 130 cm³/mol. The van der Waals surface area contributed by atoms with Crippen molar-refractivity contribution >= 4 is 24.5 Å². The zero-order chi connectivity index (χ0) is 23.1. The molecule has 8 heteroatoms. The van der Waals surface area contributed by atoms with E-state index in [9.17, 15) is 4.79 Å². The number of hydrogen-bond acceptors (Lipinski definition) is 5. The Hall–Kier alpha value is -2.03. The molecule has 0 radical (unpaired) electrons. The average molecular weight is 440 g/mol. The van der Waals surface area contributed by atoms with Crippen molar-refractivity contribution in [3.8, 4) is 0 Å². The second-order valence-electron chi connectivity index (χ2n) is 10.4. The van der Waals surface area contributed by atoms with Gasteiger partial charge >= 0.3 is 13.1 Å². The van der Waals surface area contributed by atoms with Crippen LogP contribution in [0.25, 0.3) is 0 Å². The van der Waals surface area contributed by atoms with E-state index in [0.717, 1.165) is 30.7 Å². The highest BCUT2D eigenvalue weighted by Crippen LogP contribution is 2.39. The molecule has 32 heavy (non-hydrogen) atoms. The summed E-state index contributed by atoms with van der Waals surface area (Å²) in [6.07, 6.45) is 4.01. The minimum atomic E-state index is -0.346. The van der Waals surface area contributed by atoms with Crippen LogP contribution in [0.3, 0.4) is 0 Å². The normalized spacial score (nSPS) is 24.8. The molecule has 7 nitrogen and oxygen atoms in total. The van der Waals surface area contributed by atoms with Crippen LogP contribution in [0.15, 0.2) is 35.8 Å². The number of likely N-dealkylation sites (N-methyl/N-ethyl adjacent to an activating group) is 1. The fourth-order valence-corrected chi connectivity index (χ4v) is 4.43. The third-order valence-corrected chi connectivity index (χ3v) is 7.46. The van der Waals surface area contributed by atoms with E-state index in [-0.39, 0.29) is 24.4 Å². The van der Waals surface area contributed by atoms with Gasteiger partial charge in [-0.25, -0.2) is 4.79 Å². The van der Waals surface area contributed by atoms with Crippen LogP contribution >= 0.6 is 0 Å². The third kappa shape index (κ3) is 4.68. The quantitative estimate of drug-likeness (QED) is 0.725. The highest BCUT2D eigenvalue weighted by molar-refractivity contribution is 6.54. The number of rotatable bonds is 4. The summed E-state index contributed by atoms with van der Waals surface area (Å²) >= 11 is 0. The first-order valence-corrected chi connectivity index (χ1v) is 11.7. The van der Waals surface area contributed by atoms with E-state index in [1.165, 1.54) is 12.1 Å². The standard InChI is InChI=1S/C24H37BN4O3/c1-23(2)24(3,4)32-25(31-23)18-11-14-28(15-12-18)22(30)26-19-7-9-20(10-8-19)29-16-13-21(17-29)27(5)6/h7-11,21H,12-17H2,1-6H3,(H,26,30). The molecule has 0 spiro atoms. The summed E-state index contributed by atoms with van der Waals surface area (Å²) in [5.41, 5.74) is 2.46. The molecule has 1 unspecified atom stereocenters. The van der Waals surface area contributed by atoms with E-state index >= 15 is 0 Å². The molecule has 0 aliphatic carbocycles. The molecule has 1 atom stereocenters. The van der Waals surface area contributed by atoms with Crippen LogP contribution in [0, 0.1) is 0 Å². The van der Waals surface area contributed by atoms with Gasteiger partial charge in [-0.3, -0.25) is 0 Å². The Morgan fingerprint density at radius 1 is 1.09 bits per heavy atom. The second-order valence-corrected chi connectivity index (χ2v) is 10.4. The molecular formula is C24H37BN4O3. The van der Waals surface area contributed by atoms with Gasteiger partial charge in [-0.1, -0.05) is 6.08 Å². The number of nitrogens with one attached hydrogen (secondary N) is 1. The highest BCUT2D eigenvalue weighted by Gasteiger charge is 2.52. The summed E-state index contributed by atoms with van der Waals surface area (Å²) < 4.78 is 12.3. The Balaban J connectivity index is 1.30. The lowest BCUT2D eigenvalue weighted by atomic mass is 9.75. The van der Waals surface area contributed by atoms with Gasteiger partial charge in [-0.2, -0.15) is 0 Å². The topological polar surface area (TPSA) is 57.3 Å². The van der Waals surface area contributed by atoms with Crippen molar-refractivity contribution in [1.82, 2.24) is 9.80 Å². The second kappa shape index (κ2) is 8.73. The maximum absolute atomic E-state index is 12.8. The maximum Gasteiger partial charge on any atom is 0.490 e. The predicted octanol–water partition coefficient (Wildman–Crippen LogP) is 3.62. The number of benzene rings is 1. The van der Waals surface area contributed by atoms with Gasteiger partial charge in [0.1, 0.15) is 0 Å². The summed E-state index contributed by atoms with van der Waals surface area (Å²) in [4.78, 5) is 19.3. The van der Waals surface area contributed by atoms with Crippen LogP contribution in [0.4, 0.5) is 16.2 Å². The van der Waals surface area contributed by atoms with Gasteiger partial charge in [-0.15, -0.1) is 0 Å². The monoisotopic (exact) mass is 440 g/mol. The average Bonchev–Trinajstić information content (AvgIpc) is 3.31. The Morgan fingerprint density at radius 2 is 1.75 bits per heavy atom. The summed E-state index contributed by atoms with van der Waals surface area (Å²) in [6.45, 7) is 11.6. The first-order chi connectivity index (χ1) is 15.1. The minimum Gasteiger partial charge on any atom is -0.400 e. The molecule has 3 aliphatic heterocycles. The van der Waals surface area contributed by atoms with Crippen LogP contribution in [0.1, 0.15) is 40.5 Å². The van der Waals surface area contributed by atoms with E-state index in [0.29, 0.717) is 19.1 Å². The third-order valence-electron chi connectivity index (χ3n) is 7.46. The Labute approximate surface area is 192 Å². The number of amides is 2. The fraction of sp³-hybridized carbons (Fsp3) is 0.625. The van der Waals surface area contributed by atoms with Gasteiger partial charge in [0.15, 0.2) is 0 Å². The molecule has 174 valence electrons. The van der Waals surface area contributed by atoms with Crippen molar-refractivity contribution in [3.05, 3.63) is 35.8 Å². The first kappa shape index (κ1) is 23.1. The van der Waals surface area contributed by atoms with Crippen LogP contribution < -0.4 is 10.2 Å². The molecule has 0 bridgehead atoms. The van der Waals surface area contributed by atoms with Gasteiger partial charge < -0.3 is 29.3 Å². The largest absolute Gasteiger partial charge is 0.490 e. The lowest BCUT2D eigenvalue weighted by Crippen LogP contribution is -2.41. The number of nitrogens with zero attached hydrogens (tertiary/aromatic N) is 3. The van der Waals surface area contributed by atoms with Crippen LogP contribution in [0.2, 0.25) is 0 Å². The summed E-state index contributed by atoms with van der Waals surface area (Å²) in [5.74, 6) is 0. The van der Waals surface area contributed by atoms with Gasteiger partial charge in [-0.05, 0) is 84.4 Å². The van der Waals surface area contributed by atoms with Crippen LogP contribution in [-0.2, 0) is 9.31 Å². The van der Waals surface area contributed by atoms with E-state index in [1.807, 2.05) is 17.0 Å². The smallest absolute Gasteiger partial charge is 0.400 e. The van der Waals surface area contributed by atoms with Crippen molar-refractivity contribution in [2.75, 3.05) is 50.5 Å². The maximum atomic E-state index is 12.8. The van der Waals surface area contributed by atoms with Crippen molar-refractivity contribution in [1.29, 1.82) is 0 Å². The van der Waals surface area contributed by atoms with E-state index in [4.69, 9.17) is 9.31 Å². The molecule has 3 aliphatic rings. The molecule has 2 amide bonds. The number of urea groups is 1. The zero-order valence-corrected chi connectivity index (χ0v) is 20.4. The molecule has 4 rings (SSSR count). The first-order valence-electron chi connectivity index (χ1n) is 11.7. The Bertz CT molecular complexity index is 853. The molecule has 0 saturated carbocycles. The minimum absolute atomic E-state index is 0.0733. The number of hydrogen-bond donors (Lipinski definition) is 1. The molecule has 2 saturated heterocycles. The van der Waals surface area contributed by atoms with E-state index < -0.39 is 0 Å². The molecule has 1 aromatic rings. The van der Waals surface area contributed by atoms with Crippen molar-refractivity contribution < 1.29 is 14.1 Å². The number of carbonyl (C=O) groups excluding carboxylic acids is 1. The Morgan fingerprint density at radius 3 is 2.28 bits per heavy atom. The fourth-order valence-electron chi connectivity index (χ4n) is 4.43. The summed E-state index contributed by atoms with van der Waals surface area (Å²) in [7, 11) is 3.96. The lowest BCUT2D eigenvalue weighted by molar-refractivity contribution is 0.00578. The molecular weight excluding hydrogens is 403 g/mol. The number of anilines is 2. The highest BCUT2D eigenvalue weighted by atomic mass is 16.7. The van der Waals surface area contributed by atoms with E-state index in [1.54, 1.807) is 0 Å². The van der Waals surface area contributed by atoms with Crippen LogP contribution in [0.5, 0.6) is 0 Å². The molecule has 3 heterocycles. The van der Waals surface area contributed by atoms with Crippen molar-refractivity contribution in [3.63, 3.8) is 0 Å². The molecule has 1 N–H and O–H groups in total. The van der Waals surface area contributed by atoms with Gasteiger partial charge in [0.05, 0.1) is 11.2 Å². The van der Waals surface area contributed by atoms with Crippen LogP contribution in [-0.4, -0.2) is 80.5 Å². The zero-order valence-electron chi connectivity index (χ0n) is 20.4. The van der Waals surface area contributed by atoms with Crippen molar-refractivity contribution in [2.45, 2.75) is 57.8 Å². The Kier molecular flexibility index (Phi) is 6.31. The van der Waals surface area contributed by atoms with Gasteiger partial charge in [0, 0.05) is 43.6 Å². The van der Waals surface area contributed by atoms with Crippen molar-refractivity contribution in [2.24, 2.45) is 0 Å². The molecule has 2 fully saturated rings. The summed E-state index contributed by atoms with van der Waals surface area (Å²) in [5, 5.41) is 3.04. The van der Waals surface area contributed by atoms with E-state index in [2.05, 4.69) is 75.1 Å². The SMILES string of the molecule is CN(C)C1CCN(c2ccc(NC(=O)N3CC=C(B4OC(C)(C)C(C)(C)O4)CC3)cc2)C1. The number of carbonyl (C=O) groups is 1. The molecule has 0 aromatic heterocycles. The lowest BCUT2D eigenvalue weighted by Gasteiger charge is -2.32.